The van der Waals surface area contributed by atoms with E-state index in [-0.39, 0.29) is 12.0 Å². The molecule has 2 N–H and O–H groups in total. The molecule has 5 heteroatoms. The maximum absolute atomic E-state index is 11.7. The molecule has 1 aromatic rings. The van der Waals surface area contributed by atoms with Gasteiger partial charge in [0.15, 0.2) is 0 Å². The number of hydrogen-bond donors (Lipinski definition) is 2. The van der Waals surface area contributed by atoms with Crippen molar-refractivity contribution >= 4 is 5.91 Å². The lowest BCUT2D eigenvalue weighted by Crippen LogP contribution is -2.41. The molecule has 0 radical (unpaired) electrons. The van der Waals surface area contributed by atoms with Crippen molar-refractivity contribution in [2.45, 2.75) is 19.1 Å². The van der Waals surface area contributed by atoms with E-state index in [9.17, 15) is 4.79 Å². The van der Waals surface area contributed by atoms with Gasteiger partial charge in [0.25, 0.3) is 0 Å². The van der Waals surface area contributed by atoms with Gasteiger partial charge >= 0.3 is 0 Å². The van der Waals surface area contributed by atoms with Crippen LogP contribution in [0.1, 0.15) is 12.0 Å². The van der Waals surface area contributed by atoms with E-state index in [2.05, 4.69) is 15.6 Å². The second kappa shape index (κ2) is 6.32. The molecular weight excluding hydrogens is 218 g/mol. The number of aromatic nitrogens is 1. The molecule has 2 rings (SSSR count). The first-order valence-corrected chi connectivity index (χ1v) is 5.82. The summed E-state index contributed by atoms with van der Waals surface area (Å²) in [6.45, 7) is 2.85. The van der Waals surface area contributed by atoms with Gasteiger partial charge in [0.2, 0.25) is 5.91 Å². The molecule has 17 heavy (non-hydrogen) atoms. The lowest BCUT2D eigenvalue weighted by Gasteiger charge is -2.23. The van der Waals surface area contributed by atoms with E-state index in [1.54, 1.807) is 12.4 Å². The summed E-state index contributed by atoms with van der Waals surface area (Å²) in [5.41, 5.74) is 1.05. The Morgan fingerprint density at radius 2 is 2.35 bits per heavy atom. The van der Waals surface area contributed by atoms with Gasteiger partial charge in [-0.25, -0.2) is 0 Å². The maximum atomic E-state index is 11.7. The predicted octanol–water partition coefficient (Wildman–Crippen LogP) is 0.0763. The van der Waals surface area contributed by atoms with Crippen molar-refractivity contribution in [2.24, 2.45) is 0 Å². The molecule has 0 spiro atoms. The van der Waals surface area contributed by atoms with Gasteiger partial charge < -0.3 is 15.4 Å². The molecule has 1 saturated heterocycles. The fourth-order valence-corrected chi connectivity index (χ4v) is 1.73. The first kappa shape index (κ1) is 12.0. The summed E-state index contributed by atoms with van der Waals surface area (Å²) in [6.07, 6.45) is 3.85. The molecule has 1 aromatic heterocycles. The third-order valence-electron chi connectivity index (χ3n) is 2.66. The zero-order valence-electron chi connectivity index (χ0n) is 9.69. The van der Waals surface area contributed by atoms with Gasteiger partial charge in [-0.05, 0) is 17.7 Å². The number of carbonyl (C=O) groups is 1. The van der Waals surface area contributed by atoms with Gasteiger partial charge in [-0.3, -0.25) is 9.78 Å². The molecular formula is C12H17N3O2. The Morgan fingerprint density at radius 3 is 3.06 bits per heavy atom. The Morgan fingerprint density at radius 1 is 1.53 bits per heavy atom. The van der Waals surface area contributed by atoms with Crippen molar-refractivity contribution in [3.8, 4) is 0 Å². The molecule has 1 atom stereocenters. The normalized spacial score (nSPS) is 19.9. The van der Waals surface area contributed by atoms with Crippen LogP contribution < -0.4 is 10.6 Å². The van der Waals surface area contributed by atoms with Gasteiger partial charge in [-0.1, -0.05) is 0 Å². The second-order valence-electron chi connectivity index (χ2n) is 4.03. The van der Waals surface area contributed by atoms with Gasteiger partial charge in [0.1, 0.15) is 0 Å². The van der Waals surface area contributed by atoms with E-state index in [4.69, 9.17) is 4.74 Å². The lowest BCUT2D eigenvalue weighted by molar-refractivity contribution is -0.124. The summed E-state index contributed by atoms with van der Waals surface area (Å²) in [7, 11) is 0. The largest absolute Gasteiger partial charge is 0.375 e. The summed E-state index contributed by atoms with van der Waals surface area (Å²) >= 11 is 0. The highest BCUT2D eigenvalue weighted by atomic mass is 16.5. The van der Waals surface area contributed by atoms with E-state index in [0.717, 1.165) is 18.7 Å². The highest BCUT2D eigenvalue weighted by Crippen LogP contribution is 2.02. The van der Waals surface area contributed by atoms with Crippen molar-refractivity contribution in [3.05, 3.63) is 30.1 Å². The van der Waals surface area contributed by atoms with Crippen molar-refractivity contribution in [1.29, 1.82) is 0 Å². The number of rotatable bonds is 4. The second-order valence-corrected chi connectivity index (χ2v) is 4.03. The smallest absolute Gasteiger partial charge is 0.222 e. The molecule has 5 nitrogen and oxygen atoms in total. The number of hydrogen-bond acceptors (Lipinski definition) is 4. The summed E-state index contributed by atoms with van der Waals surface area (Å²) in [5.74, 6) is 0.0236. The van der Waals surface area contributed by atoms with Crippen molar-refractivity contribution in [2.75, 3.05) is 19.7 Å². The van der Waals surface area contributed by atoms with E-state index in [1.807, 2.05) is 12.1 Å². The quantitative estimate of drug-likeness (QED) is 0.775. The Balaban J connectivity index is 1.70. The van der Waals surface area contributed by atoms with Crippen molar-refractivity contribution in [1.82, 2.24) is 15.6 Å². The zero-order chi connectivity index (χ0) is 11.9. The van der Waals surface area contributed by atoms with Crippen LogP contribution in [-0.4, -0.2) is 36.7 Å². The Labute approximate surface area is 101 Å². The molecule has 0 saturated carbocycles. The Hall–Kier alpha value is -1.46. The van der Waals surface area contributed by atoms with E-state index in [1.165, 1.54) is 0 Å². The Kier molecular flexibility index (Phi) is 4.46. The number of nitrogens with zero attached hydrogens (tertiary/aromatic N) is 1. The summed E-state index contributed by atoms with van der Waals surface area (Å²) < 4.78 is 5.47. The highest BCUT2D eigenvalue weighted by molar-refractivity contribution is 5.76. The summed E-state index contributed by atoms with van der Waals surface area (Å²) in [5, 5.41) is 6.07. The zero-order valence-corrected chi connectivity index (χ0v) is 9.69. The minimum Gasteiger partial charge on any atom is -0.375 e. The molecule has 1 amide bonds. The van der Waals surface area contributed by atoms with Gasteiger partial charge in [0.05, 0.1) is 19.1 Å². The monoisotopic (exact) mass is 235 g/mol. The number of amides is 1. The molecule has 2 heterocycles. The minimum atomic E-state index is 0.00110. The third kappa shape index (κ3) is 4.13. The average Bonchev–Trinajstić information content (AvgIpc) is 2.39. The molecule has 0 bridgehead atoms. The van der Waals surface area contributed by atoms with Crippen LogP contribution in [0.5, 0.6) is 0 Å². The van der Waals surface area contributed by atoms with E-state index >= 15 is 0 Å². The van der Waals surface area contributed by atoms with Crippen molar-refractivity contribution in [3.63, 3.8) is 0 Å². The van der Waals surface area contributed by atoms with E-state index < -0.39 is 0 Å². The van der Waals surface area contributed by atoms with E-state index in [0.29, 0.717) is 19.6 Å². The average molecular weight is 235 g/mol. The Bertz CT molecular complexity index is 350. The molecule has 1 unspecified atom stereocenters. The van der Waals surface area contributed by atoms with Gasteiger partial charge in [0, 0.05) is 32.0 Å². The van der Waals surface area contributed by atoms with Crippen LogP contribution in [0.15, 0.2) is 24.5 Å². The van der Waals surface area contributed by atoms with Crippen LogP contribution in [0.4, 0.5) is 0 Å². The van der Waals surface area contributed by atoms with Crippen LogP contribution in [-0.2, 0) is 16.1 Å². The standard InChI is InChI=1S/C12H17N3O2/c16-12(7-11-9-14-5-6-17-11)15-8-10-1-3-13-4-2-10/h1-4,11,14H,5-9H2,(H,15,16). The third-order valence-corrected chi connectivity index (χ3v) is 2.66. The topological polar surface area (TPSA) is 63.2 Å². The first-order valence-electron chi connectivity index (χ1n) is 5.82. The first-order chi connectivity index (χ1) is 8.34. The number of pyridine rings is 1. The molecule has 0 aromatic carbocycles. The fourth-order valence-electron chi connectivity index (χ4n) is 1.73. The van der Waals surface area contributed by atoms with Gasteiger partial charge in [-0.2, -0.15) is 0 Å². The minimum absolute atomic E-state index is 0.00110. The molecule has 1 aliphatic heterocycles. The molecule has 0 aliphatic carbocycles. The molecule has 1 fully saturated rings. The molecule has 1 aliphatic rings. The molecule has 92 valence electrons. The number of carbonyl (C=O) groups excluding carboxylic acids is 1. The number of morpholine rings is 1. The lowest BCUT2D eigenvalue weighted by atomic mass is 10.2. The number of ether oxygens (including phenoxy) is 1. The number of nitrogens with one attached hydrogen (secondary N) is 2. The summed E-state index contributed by atoms with van der Waals surface area (Å²) in [4.78, 5) is 15.6. The fraction of sp³-hybridized carbons (Fsp3) is 0.500. The van der Waals surface area contributed by atoms with Crippen LogP contribution >= 0.6 is 0 Å². The van der Waals surface area contributed by atoms with Crippen LogP contribution in [0.25, 0.3) is 0 Å². The van der Waals surface area contributed by atoms with Gasteiger partial charge in [-0.15, -0.1) is 0 Å². The maximum Gasteiger partial charge on any atom is 0.222 e. The SMILES string of the molecule is O=C(CC1CNCCO1)NCc1ccncc1. The predicted molar refractivity (Wildman–Crippen MR) is 63.3 cm³/mol. The van der Waals surface area contributed by atoms with Crippen LogP contribution in [0.3, 0.4) is 0 Å². The summed E-state index contributed by atoms with van der Waals surface area (Å²) in [6, 6.07) is 3.78. The van der Waals surface area contributed by atoms with Crippen LogP contribution in [0.2, 0.25) is 0 Å². The van der Waals surface area contributed by atoms with Crippen molar-refractivity contribution < 1.29 is 9.53 Å². The highest BCUT2D eigenvalue weighted by Gasteiger charge is 2.16. The van der Waals surface area contributed by atoms with Crippen LogP contribution in [0, 0.1) is 0 Å².